The van der Waals surface area contributed by atoms with Crippen LogP contribution in [0.25, 0.3) is 10.8 Å². The van der Waals surface area contributed by atoms with E-state index in [9.17, 15) is 39.6 Å². The van der Waals surface area contributed by atoms with Gasteiger partial charge < -0.3 is 20.4 Å². The number of benzene rings is 4. The smallest absolute Gasteiger partial charge is 0.261 e. The maximum Gasteiger partial charge on any atom is 0.261 e. The molecule has 0 aromatic heterocycles. The predicted molar refractivity (Wildman–Crippen MR) is 168 cm³/mol. The molecule has 0 saturated carbocycles. The minimum atomic E-state index is -0.527. The molecule has 6 rings (SSSR count). The Morgan fingerprint density at radius 1 is 0.522 bits per heavy atom. The summed E-state index contributed by atoms with van der Waals surface area (Å²) in [6.45, 7) is 0.699. The van der Waals surface area contributed by atoms with Crippen LogP contribution in [-0.2, 0) is 0 Å². The zero-order chi connectivity index (χ0) is 32.5. The second-order valence-electron chi connectivity index (χ2n) is 10.9. The van der Waals surface area contributed by atoms with Crippen molar-refractivity contribution >= 4 is 46.8 Å². The van der Waals surface area contributed by atoms with Crippen LogP contribution in [0.2, 0.25) is 0 Å². The number of amides is 4. The minimum absolute atomic E-state index is 0.0732. The Labute approximate surface area is 262 Å². The van der Waals surface area contributed by atoms with Gasteiger partial charge in [0.2, 0.25) is 0 Å². The molecule has 0 atom stereocenters. The molecule has 0 saturated heterocycles. The number of nitrogens with zero attached hydrogens (tertiary/aromatic N) is 4. The summed E-state index contributed by atoms with van der Waals surface area (Å²) in [5.74, 6) is -2.50. The maximum absolute atomic E-state index is 13.5. The molecule has 0 aliphatic carbocycles. The van der Waals surface area contributed by atoms with E-state index in [0.717, 1.165) is 9.80 Å². The van der Waals surface area contributed by atoms with E-state index in [-0.39, 0.29) is 71.4 Å². The van der Waals surface area contributed by atoms with Crippen LogP contribution in [0.4, 0.5) is 0 Å². The molecular formula is C34H28N4O8. The summed E-state index contributed by atoms with van der Waals surface area (Å²) in [6, 6.07) is 14.3. The van der Waals surface area contributed by atoms with E-state index in [4.69, 9.17) is 0 Å². The van der Waals surface area contributed by atoms with E-state index >= 15 is 0 Å². The van der Waals surface area contributed by atoms with Crippen molar-refractivity contribution in [1.82, 2.24) is 9.80 Å². The Morgan fingerprint density at radius 3 is 1.20 bits per heavy atom. The molecule has 4 aromatic carbocycles. The number of carbonyl (C=O) groups is 4. The summed E-state index contributed by atoms with van der Waals surface area (Å²) >= 11 is 0. The fourth-order valence-electron chi connectivity index (χ4n) is 5.63. The third-order valence-corrected chi connectivity index (χ3v) is 7.89. The summed E-state index contributed by atoms with van der Waals surface area (Å²) in [4.78, 5) is 64.6. The number of phenolic OH excluding ortho intramolecular Hbond substituents is 4. The second-order valence-corrected chi connectivity index (χ2v) is 10.9. The van der Waals surface area contributed by atoms with Crippen molar-refractivity contribution in [2.75, 3.05) is 26.2 Å². The van der Waals surface area contributed by atoms with Crippen molar-refractivity contribution in [3.8, 4) is 23.0 Å². The lowest BCUT2D eigenvalue weighted by atomic mass is 9.86. The van der Waals surface area contributed by atoms with Crippen LogP contribution >= 0.6 is 0 Å². The summed E-state index contributed by atoms with van der Waals surface area (Å²) in [6.07, 6.45) is 3.60. The number of aromatic hydroxyl groups is 4. The van der Waals surface area contributed by atoms with E-state index in [2.05, 4.69) is 9.98 Å². The van der Waals surface area contributed by atoms with Gasteiger partial charge in [-0.3, -0.25) is 39.0 Å². The summed E-state index contributed by atoms with van der Waals surface area (Å²) in [5, 5.41) is 39.2. The maximum atomic E-state index is 13.5. The lowest BCUT2D eigenvalue weighted by Gasteiger charge is -2.31. The first-order valence-electron chi connectivity index (χ1n) is 14.5. The minimum Gasteiger partial charge on any atom is -0.508 e. The molecule has 2 heterocycles. The van der Waals surface area contributed by atoms with E-state index in [0.29, 0.717) is 34.7 Å². The quantitative estimate of drug-likeness (QED) is 0.117. The molecule has 0 spiro atoms. The Hall–Kier alpha value is -6.04. The number of imide groups is 2. The van der Waals surface area contributed by atoms with Gasteiger partial charge in [-0.2, -0.15) is 0 Å². The van der Waals surface area contributed by atoms with Gasteiger partial charge in [-0.1, -0.05) is 0 Å². The summed E-state index contributed by atoms with van der Waals surface area (Å²) in [5.41, 5.74) is 1.75. The Morgan fingerprint density at radius 2 is 0.870 bits per heavy atom. The average Bonchev–Trinajstić information content (AvgIpc) is 3.03. The van der Waals surface area contributed by atoms with Crippen molar-refractivity contribution in [1.29, 1.82) is 0 Å². The van der Waals surface area contributed by atoms with Gasteiger partial charge in [-0.15, -0.1) is 0 Å². The van der Waals surface area contributed by atoms with Crippen molar-refractivity contribution in [2.24, 2.45) is 9.98 Å². The molecule has 0 fully saturated rings. The van der Waals surface area contributed by atoms with Gasteiger partial charge in [0, 0.05) is 94.9 Å². The molecule has 232 valence electrons. The van der Waals surface area contributed by atoms with Crippen LogP contribution in [0.15, 0.2) is 70.6 Å². The highest BCUT2D eigenvalue weighted by Gasteiger charge is 2.39. The largest absolute Gasteiger partial charge is 0.508 e. The molecule has 12 heteroatoms. The molecule has 0 bridgehead atoms. The van der Waals surface area contributed by atoms with E-state index in [1.165, 1.54) is 73.1 Å². The van der Waals surface area contributed by atoms with E-state index in [1.807, 2.05) is 0 Å². The Kier molecular flexibility index (Phi) is 7.93. The van der Waals surface area contributed by atoms with Crippen molar-refractivity contribution in [2.45, 2.75) is 12.8 Å². The fraction of sp³-hybridized carbons (Fsp3) is 0.176. The molecule has 0 unspecified atom stereocenters. The number of phenols is 4. The normalized spacial score (nSPS) is 14.4. The zero-order valence-electron chi connectivity index (χ0n) is 24.4. The third-order valence-electron chi connectivity index (χ3n) is 7.89. The highest BCUT2D eigenvalue weighted by atomic mass is 16.3. The number of hydrogen-bond donors (Lipinski definition) is 4. The van der Waals surface area contributed by atoms with Gasteiger partial charge in [0.25, 0.3) is 23.6 Å². The zero-order valence-corrected chi connectivity index (χ0v) is 24.4. The Bertz CT molecular complexity index is 1790. The van der Waals surface area contributed by atoms with Crippen LogP contribution in [0.3, 0.4) is 0 Å². The van der Waals surface area contributed by atoms with Crippen molar-refractivity contribution in [3.63, 3.8) is 0 Å². The van der Waals surface area contributed by atoms with Crippen molar-refractivity contribution in [3.05, 3.63) is 94.0 Å². The average molecular weight is 621 g/mol. The predicted octanol–water partition coefficient (Wildman–Crippen LogP) is 3.87. The number of aliphatic imine (C=N–C) groups is 2. The number of hydrogen-bond acceptors (Lipinski definition) is 10. The van der Waals surface area contributed by atoms with Gasteiger partial charge in [0.1, 0.15) is 23.0 Å². The van der Waals surface area contributed by atoms with Gasteiger partial charge in [0.15, 0.2) is 0 Å². The first-order valence-corrected chi connectivity index (χ1v) is 14.5. The summed E-state index contributed by atoms with van der Waals surface area (Å²) < 4.78 is 0. The van der Waals surface area contributed by atoms with Crippen molar-refractivity contribution < 1.29 is 39.6 Å². The molecule has 4 N–H and O–H groups in total. The lowest BCUT2D eigenvalue weighted by Crippen LogP contribution is -2.44. The third kappa shape index (κ3) is 5.40. The lowest BCUT2D eigenvalue weighted by molar-refractivity contribution is 0.0588. The van der Waals surface area contributed by atoms with Gasteiger partial charge in [-0.25, -0.2) is 0 Å². The molecule has 4 amide bonds. The molecule has 2 aliphatic rings. The first kappa shape index (κ1) is 30.0. The topological polar surface area (TPSA) is 180 Å². The Balaban J connectivity index is 1.15. The standard InChI is InChI=1S/C34H28N4O8/c39-21-5-3-19(27(41)15-21)17-35-11-1-13-37-31(43)23-7-9-25-30-26(10-8-24(29(23)30)32(37)44)34(46)38(33(25)45)14-2-12-36-18-20-4-6-22(40)16-28(20)42/h3-10,15-18,39-42H,1-2,11-14H2. The molecule has 12 nitrogen and oxygen atoms in total. The highest BCUT2D eigenvalue weighted by molar-refractivity contribution is 6.33. The number of carbonyl (C=O) groups excluding carboxylic acids is 4. The van der Waals surface area contributed by atoms with Crippen LogP contribution in [0.5, 0.6) is 23.0 Å². The first-order chi connectivity index (χ1) is 22.2. The van der Waals surface area contributed by atoms with E-state index < -0.39 is 23.6 Å². The summed E-state index contributed by atoms with van der Waals surface area (Å²) in [7, 11) is 0. The van der Waals surface area contributed by atoms with Crippen LogP contribution < -0.4 is 0 Å². The highest BCUT2D eigenvalue weighted by Crippen LogP contribution is 2.38. The van der Waals surface area contributed by atoms with Gasteiger partial charge in [0.05, 0.1) is 0 Å². The SMILES string of the molecule is O=C1c2ccc3c4c(ccc(c24)C(=O)N1CCCN=Cc1ccc(O)cc1O)C(=O)N(CCCN=Cc1ccc(O)cc1O)C3=O. The molecule has 2 aliphatic heterocycles. The van der Waals surface area contributed by atoms with E-state index in [1.54, 1.807) is 0 Å². The molecular weight excluding hydrogens is 592 g/mol. The van der Waals surface area contributed by atoms with Crippen LogP contribution in [-0.4, -0.2) is 92.5 Å². The second kappa shape index (κ2) is 12.2. The fourth-order valence-corrected chi connectivity index (χ4v) is 5.63. The molecule has 4 aromatic rings. The van der Waals surface area contributed by atoms with Crippen LogP contribution in [0, 0.1) is 0 Å². The monoisotopic (exact) mass is 620 g/mol. The van der Waals surface area contributed by atoms with Gasteiger partial charge >= 0.3 is 0 Å². The van der Waals surface area contributed by atoms with Gasteiger partial charge in [-0.05, 0) is 61.4 Å². The number of rotatable bonds is 10. The van der Waals surface area contributed by atoms with Crippen LogP contribution in [0.1, 0.15) is 65.4 Å². The molecule has 0 radical (unpaired) electrons. The molecule has 46 heavy (non-hydrogen) atoms.